The second-order valence-electron chi connectivity index (χ2n) is 4.43. The molecule has 0 bridgehead atoms. The van der Waals surface area contributed by atoms with Crippen molar-refractivity contribution >= 4 is 15.9 Å². The lowest BCUT2D eigenvalue weighted by atomic mass is 10.1. The highest BCUT2D eigenvalue weighted by Crippen LogP contribution is 2.28. The van der Waals surface area contributed by atoms with Crippen molar-refractivity contribution in [1.29, 1.82) is 0 Å². The molecule has 0 radical (unpaired) electrons. The fourth-order valence-corrected chi connectivity index (χ4v) is 2.19. The molecule has 19 heavy (non-hydrogen) atoms. The molecule has 100 valence electrons. The number of hydrogen-bond acceptors (Lipinski definition) is 3. The molecule has 0 aliphatic rings. The fraction of sp³-hybridized carbons (Fsp3) is 0.200. The van der Waals surface area contributed by atoms with Crippen LogP contribution in [0.3, 0.4) is 0 Å². The standard InChI is InChI=1S/C15H16BrNO2/c1-10(17)14-8-12(16)5-6-15(14)19-9-11-3-2-4-13(18)7-11/h2-8,10,18H,9,17H2,1H3. The van der Waals surface area contributed by atoms with Crippen LogP contribution in [-0.2, 0) is 6.61 Å². The van der Waals surface area contributed by atoms with Crippen LogP contribution < -0.4 is 10.5 Å². The fourth-order valence-electron chi connectivity index (χ4n) is 1.81. The first-order valence-corrected chi connectivity index (χ1v) is 6.81. The number of rotatable bonds is 4. The van der Waals surface area contributed by atoms with Crippen molar-refractivity contribution in [3.8, 4) is 11.5 Å². The van der Waals surface area contributed by atoms with Crippen molar-refractivity contribution in [2.75, 3.05) is 0 Å². The smallest absolute Gasteiger partial charge is 0.124 e. The Morgan fingerprint density at radius 2 is 2.05 bits per heavy atom. The number of nitrogens with two attached hydrogens (primary N) is 1. The quantitative estimate of drug-likeness (QED) is 0.901. The second-order valence-corrected chi connectivity index (χ2v) is 5.35. The van der Waals surface area contributed by atoms with Gasteiger partial charge in [-0.1, -0.05) is 28.1 Å². The number of phenols is 1. The molecule has 0 spiro atoms. The molecule has 4 heteroatoms. The molecule has 0 aromatic heterocycles. The minimum Gasteiger partial charge on any atom is -0.508 e. The van der Waals surface area contributed by atoms with Gasteiger partial charge in [0.2, 0.25) is 0 Å². The summed E-state index contributed by atoms with van der Waals surface area (Å²) < 4.78 is 6.76. The van der Waals surface area contributed by atoms with Gasteiger partial charge in [-0.25, -0.2) is 0 Å². The minimum atomic E-state index is -0.100. The van der Waals surface area contributed by atoms with Gasteiger partial charge in [-0.15, -0.1) is 0 Å². The average Bonchev–Trinajstić information content (AvgIpc) is 2.37. The molecule has 1 unspecified atom stereocenters. The number of benzene rings is 2. The molecular weight excluding hydrogens is 306 g/mol. The molecule has 1 atom stereocenters. The van der Waals surface area contributed by atoms with Crippen LogP contribution in [0.15, 0.2) is 46.9 Å². The third kappa shape index (κ3) is 3.72. The van der Waals surface area contributed by atoms with Gasteiger partial charge in [-0.05, 0) is 42.8 Å². The lowest BCUT2D eigenvalue weighted by Gasteiger charge is -2.14. The Bertz CT molecular complexity index is 570. The zero-order chi connectivity index (χ0) is 13.8. The van der Waals surface area contributed by atoms with E-state index in [1.165, 1.54) is 0 Å². The Balaban J connectivity index is 2.15. The molecule has 0 saturated heterocycles. The third-order valence-corrected chi connectivity index (χ3v) is 3.26. The largest absolute Gasteiger partial charge is 0.508 e. The number of aromatic hydroxyl groups is 1. The predicted octanol–water partition coefficient (Wildman–Crippen LogP) is 3.75. The van der Waals surface area contributed by atoms with Crippen molar-refractivity contribution in [1.82, 2.24) is 0 Å². The van der Waals surface area contributed by atoms with Crippen LogP contribution in [0.25, 0.3) is 0 Å². The maximum Gasteiger partial charge on any atom is 0.124 e. The first-order valence-electron chi connectivity index (χ1n) is 6.02. The van der Waals surface area contributed by atoms with Crippen LogP contribution >= 0.6 is 15.9 Å². The summed E-state index contributed by atoms with van der Waals surface area (Å²) >= 11 is 3.43. The van der Waals surface area contributed by atoms with Gasteiger partial charge in [0.1, 0.15) is 18.1 Å². The zero-order valence-electron chi connectivity index (χ0n) is 10.6. The zero-order valence-corrected chi connectivity index (χ0v) is 12.2. The van der Waals surface area contributed by atoms with E-state index in [0.717, 1.165) is 21.3 Å². The van der Waals surface area contributed by atoms with Crippen molar-refractivity contribution < 1.29 is 9.84 Å². The molecular formula is C15H16BrNO2. The van der Waals surface area contributed by atoms with Crippen molar-refractivity contribution in [3.63, 3.8) is 0 Å². The van der Waals surface area contributed by atoms with Crippen LogP contribution in [0, 0.1) is 0 Å². The summed E-state index contributed by atoms with van der Waals surface area (Å²) in [5, 5.41) is 9.41. The minimum absolute atomic E-state index is 0.100. The van der Waals surface area contributed by atoms with Gasteiger partial charge in [-0.3, -0.25) is 0 Å². The highest BCUT2D eigenvalue weighted by molar-refractivity contribution is 9.10. The van der Waals surface area contributed by atoms with Crippen molar-refractivity contribution in [3.05, 3.63) is 58.1 Å². The molecule has 0 fully saturated rings. The lowest BCUT2D eigenvalue weighted by Crippen LogP contribution is -2.08. The molecule has 0 aliphatic heterocycles. The molecule has 0 aliphatic carbocycles. The molecule has 0 heterocycles. The molecule has 2 aromatic carbocycles. The van der Waals surface area contributed by atoms with Crippen LogP contribution in [0.4, 0.5) is 0 Å². The lowest BCUT2D eigenvalue weighted by molar-refractivity contribution is 0.300. The van der Waals surface area contributed by atoms with E-state index >= 15 is 0 Å². The average molecular weight is 322 g/mol. The molecule has 2 aromatic rings. The van der Waals surface area contributed by atoms with Gasteiger partial charge < -0.3 is 15.6 Å². The van der Waals surface area contributed by atoms with Gasteiger partial charge in [0.25, 0.3) is 0 Å². The monoisotopic (exact) mass is 321 g/mol. The molecule has 0 amide bonds. The Morgan fingerprint density at radius 3 is 2.74 bits per heavy atom. The maximum absolute atomic E-state index is 9.41. The third-order valence-electron chi connectivity index (χ3n) is 2.77. The Kier molecular flexibility index (Phi) is 4.45. The van der Waals surface area contributed by atoms with E-state index in [1.54, 1.807) is 18.2 Å². The van der Waals surface area contributed by atoms with Crippen LogP contribution in [-0.4, -0.2) is 5.11 Å². The van der Waals surface area contributed by atoms with Crippen molar-refractivity contribution in [2.24, 2.45) is 5.73 Å². The Hall–Kier alpha value is -1.52. The van der Waals surface area contributed by atoms with E-state index in [0.29, 0.717) is 6.61 Å². The summed E-state index contributed by atoms with van der Waals surface area (Å²) in [4.78, 5) is 0. The number of halogens is 1. The number of hydrogen-bond donors (Lipinski definition) is 2. The van der Waals surface area contributed by atoms with E-state index < -0.39 is 0 Å². The molecule has 3 nitrogen and oxygen atoms in total. The molecule has 3 N–H and O–H groups in total. The summed E-state index contributed by atoms with van der Waals surface area (Å²) in [7, 11) is 0. The Labute approximate surface area is 121 Å². The summed E-state index contributed by atoms with van der Waals surface area (Å²) in [6, 6.07) is 12.7. The van der Waals surface area contributed by atoms with Gasteiger partial charge >= 0.3 is 0 Å². The first kappa shape index (κ1) is 13.9. The SMILES string of the molecule is CC(N)c1cc(Br)ccc1OCc1cccc(O)c1. The first-order chi connectivity index (χ1) is 9.06. The molecule has 0 saturated carbocycles. The predicted molar refractivity (Wildman–Crippen MR) is 79.2 cm³/mol. The number of phenolic OH excluding ortho intramolecular Hbond substituents is 1. The normalized spacial score (nSPS) is 12.2. The molecule has 2 rings (SSSR count). The topological polar surface area (TPSA) is 55.5 Å². The van der Waals surface area contributed by atoms with Gasteiger partial charge in [0.05, 0.1) is 0 Å². The van der Waals surface area contributed by atoms with Crippen LogP contribution in [0.5, 0.6) is 11.5 Å². The van der Waals surface area contributed by atoms with E-state index in [9.17, 15) is 5.11 Å². The number of ether oxygens (including phenoxy) is 1. The second kappa shape index (κ2) is 6.08. The van der Waals surface area contributed by atoms with Crippen LogP contribution in [0.2, 0.25) is 0 Å². The summed E-state index contributed by atoms with van der Waals surface area (Å²) in [6.07, 6.45) is 0. The van der Waals surface area contributed by atoms with E-state index in [4.69, 9.17) is 10.5 Å². The van der Waals surface area contributed by atoms with Gasteiger partial charge in [0, 0.05) is 16.1 Å². The van der Waals surface area contributed by atoms with E-state index in [1.807, 2.05) is 31.2 Å². The van der Waals surface area contributed by atoms with Gasteiger partial charge in [-0.2, -0.15) is 0 Å². The maximum atomic E-state index is 9.41. The summed E-state index contributed by atoms with van der Waals surface area (Å²) in [5.74, 6) is 1.01. The highest BCUT2D eigenvalue weighted by atomic mass is 79.9. The highest BCUT2D eigenvalue weighted by Gasteiger charge is 2.09. The summed E-state index contributed by atoms with van der Waals surface area (Å²) in [5.41, 5.74) is 7.80. The Morgan fingerprint density at radius 1 is 1.26 bits per heavy atom. The van der Waals surface area contributed by atoms with Crippen LogP contribution in [0.1, 0.15) is 24.1 Å². The van der Waals surface area contributed by atoms with Crippen molar-refractivity contribution in [2.45, 2.75) is 19.6 Å². The van der Waals surface area contributed by atoms with E-state index in [2.05, 4.69) is 15.9 Å². The van der Waals surface area contributed by atoms with Gasteiger partial charge in [0.15, 0.2) is 0 Å². The van der Waals surface area contributed by atoms with E-state index in [-0.39, 0.29) is 11.8 Å². The summed E-state index contributed by atoms with van der Waals surface area (Å²) in [6.45, 7) is 2.32.